The van der Waals surface area contributed by atoms with E-state index in [-0.39, 0.29) is 23.3 Å². The lowest BCUT2D eigenvalue weighted by Gasteiger charge is -2.17. The molecule has 3 N–H and O–H groups in total. The normalized spacial score (nSPS) is 19.5. The maximum Gasteiger partial charge on any atom is 0.255 e. The second kappa shape index (κ2) is 6.43. The maximum absolute atomic E-state index is 12.1. The minimum absolute atomic E-state index is 0.0570. The average Bonchev–Trinajstić information content (AvgIpc) is 2.67. The van der Waals surface area contributed by atoms with Crippen LogP contribution < -0.4 is 15.4 Å². The molecule has 1 fully saturated rings. The number of carbonyl (C=O) groups is 1. The molecule has 1 saturated heterocycles. The molecule has 5 heteroatoms. The van der Waals surface area contributed by atoms with Gasteiger partial charge in [0, 0.05) is 18.7 Å². The first-order valence-electron chi connectivity index (χ1n) is 6.59. The van der Waals surface area contributed by atoms with Crippen LogP contribution in [0.25, 0.3) is 0 Å². The summed E-state index contributed by atoms with van der Waals surface area (Å²) in [5, 5.41) is 16.1. The highest BCUT2D eigenvalue weighted by Gasteiger charge is 2.17. The third-order valence-electron chi connectivity index (χ3n) is 3.33. The van der Waals surface area contributed by atoms with E-state index in [0.717, 1.165) is 32.4 Å². The van der Waals surface area contributed by atoms with Crippen LogP contribution in [0.2, 0.25) is 0 Å². The quantitative estimate of drug-likeness (QED) is 0.769. The van der Waals surface area contributed by atoms with Gasteiger partial charge in [-0.15, -0.1) is 0 Å². The summed E-state index contributed by atoms with van der Waals surface area (Å²) in [7, 11) is 1.52. The fourth-order valence-corrected chi connectivity index (χ4v) is 2.24. The number of aromatic hydroxyl groups is 1. The van der Waals surface area contributed by atoms with Gasteiger partial charge in [-0.05, 0) is 31.5 Å². The monoisotopic (exact) mass is 264 g/mol. The van der Waals surface area contributed by atoms with Crippen LogP contribution >= 0.6 is 0 Å². The molecule has 19 heavy (non-hydrogen) atoms. The zero-order valence-electron chi connectivity index (χ0n) is 11.1. The molecule has 0 saturated carbocycles. The average molecular weight is 264 g/mol. The predicted octanol–water partition coefficient (Wildman–Crippen LogP) is 1.27. The van der Waals surface area contributed by atoms with Crippen molar-refractivity contribution in [2.75, 3.05) is 20.2 Å². The molecule has 0 aliphatic carbocycles. The molecule has 0 radical (unpaired) electrons. The van der Waals surface area contributed by atoms with Gasteiger partial charge in [0.05, 0.1) is 12.7 Å². The molecule has 5 nitrogen and oxygen atoms in total. The maximum atomic E-state index is 12.1. The fraction of sp³-hybridized carbons (Fsp3) is 0.500. The summed E-state index contributed by atoms with van der Waals surface area (Å²) in [5.41, 5.74) is 0.282. The van der Waals surface area contributed by atoms with Crippen molar-refractivity contribution < 1.29 is 14.6 Å². The Morgan fingerprint density at radius 2 is 2.32 bits per heavy atom. The first kappa shape index (κ1) is 13.7. The Bertz CT molecular complexity index is 440. The largest absolute Gasteiger partial charge is 0.507 e. The van der Waals surface area contributed by atoms with Gasteiger partial charge in [-0.3, -0.25) is 4.79 Å². The van der Waals surface area contributed by atoms with Crippen molar-refractivity contribution in [2.24, 2.45) is 0 Å². The van der Waals surface area contributed by atoms with Crippen molar-refractivity contribution in [3.63, 3.8) is 0 Å². The number of amides is 1. The van der Waals surface area contributed by atoms with Crippen LogP contribution in [0, 0.1) is 0 Å². The van der Waals surface area contributed by atoms with Crippen molar-refractivity contribution in [1.82, 2.24) is 10.6 Å². The Morgan fingerprint density at radius 3 is 3.05 bits per heavy atom. The van der Waals surface area contributed by atoms with Gasteiger partial charge in [0.2, 0.25) is 0 Å². The van der Waals surface area contributed by atoms with Crippen LogP contribution in [-0.2, 0) is 0 Å². The van der Waals surface area contributed by atoms with Crippen molar-refractivity contribution >= 4 is 5.91 Å². The Hall–Kier alpha value is -1.75. The van der Waals surface area contributed by atoms with Gasteiger partial charge in [-0.25, -0.2) is 0 Å². The predicted molar refractivity (Wildman–Crippen MR) is 72.6 cm³/mol. The lowest BCUT2D eigenvalue weighted by Crippen LogP contribution is -2.40. The van der Waals surface area contributed by atoms with E-state index >= 15 is 0 Å². The smallest absolute Gasteiger partial charge is 0.255 e. The first-order valence-corrected chi connectivity index (χ1v) is 6.59. The molecule has 1 aliphatic heterocycles. The van der Waals surface area contributed by atoms with Gasteiger partial charge in [0.1, 0.15) is 11.5 Å². The van der Waals surface area contributed by atoms with E-state index in [2.05, 4.69) is 10.6 Å². The van der Waals surface area contributed by atoms with Crippen LogP contribution in [0.15, 0.2) is 18.2 Å². The van der Waals surface area contributed by atoms with E-state index in [1.807, 2.05) is 0 Å². The van der Waals surface area contributed by atoms with Crippen LogP contribution in [-0.4, -0.2) is 37.3 Å². The van der Waals surface area contributed by atoms with Crippen LogP contribution in [0.4, 0.5) is 0 Å². The van der Waals surface area contributed by atoms with Crippen molar-refractivity contribution in [3.8, 4) is 11.5 Å². The molecule has 1 heterocycles. The molecular formula is C14H20N2O3. The SMILES string of the molecule is COc1ccc(C(=O)NC2CCCCNC2)c(O)c1. The highest BCUT2D eigenvalue weighted by Crippen LogP contribution is 2.23. The zero-order valence-corrected chi connectivity index (χ0v) is 11.1. The Kier molecular flexibility index (Phi) is 4.63. The van der Waals surface area contributed by atoms with E-state index < -0.39 is 0 Å². The van der Waals surface area contributed by atoms with E-state index in [1.54, 1.807) is 12.1 Å². The molecule has 0 bridgehead atoms. The van der Waals surface area contributed by atoms with Crippen molar-refractivity contribution in [2.45, 2.75) is 25.3 Å². The fourth-order valence-electron chi connectivity index (χ4n) is 2.24. The number of methoxy groups -OCH3 is 1. The number of phenolic OH excluding ortho intramolecular Hbond substituents is 1. The number of phenols is 1. The third-order valence-corrected chi connectivity index (χ3v) is 3.33. The molecule has 1 unspecified atom stereocenters. The van der Waals surface area contributed by atoms with Crippen molar-refractivity contribution in [1.29, 1.82) is 0 Å². The number of hydrogen-bond donors (Lipinski definition) is 3. The van der Waals surface area contributed by atoms with E-state index in [0.29, 0.717) is 5.75 Å². The Morgan fingerprint density at radius 1 is 1.47 bits per heavy atom. The van der Waals surface area contributed by atoms with Crippen LogP contribution in [0.3, 0.4) is 0 Å². The summed E-state index contributed by atoms with van der Waals surface area (Å²) < 4.78 is 4.99. The third kappa shape index (κ3) is 3.61. The molecule has 1 amide bonds. The van der Waals surface area contributed by atoms with Gasteiger partial charge < -0.3 is 20.5 Å². The minimum Gasteiger partial charge on any atom is -0.507 e. The lowest BCUT2D eigenvalue weighted by molar-refractivity contribution is 0.0933. The first-order chi connectivity index (χ1) is 9.20. The summed E-state index contributed by atoms with van der Waals surface area (Å²) in [6, 6.07) is 4.81. The van der Waals surface area contributed by atoms with Gasteiger partial charge in [0.15, 0.2) is 0 Å². The Balaban J connectivity index is 2.02. The van der Waals surface area contributed by atoms with Crippen molar-refractivity contribution in [3.05, 3.63) is 23.8 Å². The number of rotatable bonds is 3. The highest BCUT2D eigenvalue weighted by atomic mass is 16.5. The van der Waals surface area contributed by atoms with Crippen LogP contribution in [0.1, 0.15) is 29.6 Å². The molecular weight excluding hydrogens is 244 g/mol. The van der Waals surface area contributed by atoms with Gasteiger partial charge in [-0.1, -0.05) is 6.42 Å². The number of ether oxygens (including phenoxy) is 1. The molecule has 1 aliphatic rings. The number of benzene rings is 1. The summed E-state index contributed by atoms with van der Waals surface area (Å²) in [6.45, 7) is 1.78. The van der Waals surface area contributed by atoms with E-state index in [9.17, 15) is 9.90 Å². The number of hydrogen-bond acceptors (Lipinski definition) is 4. The van der Waals surface area contributed by atoms with Gasteiger partial charge in [-0.2, -0.15) is 0 Å². The molecule has 1 aromatic rings. The molecule has 0 spiro atoms. The number of carbonyl (C=O) groups excluding carboxylic acids is 1. The summed E-state index contributed by atoms with van der Waals surface area (Å²) in [4.78, 5) is 12.1. The lowest BCUT2D eigenvalue weighted by atomic mass is 10.1. The van der Waals surface area contributed by atoms with E-state index in [4.69, 9.17) is 4.74 Å². The molecule has 1 aromatic carbocycles. The second-order valence-corrected chi connectivity index (χ2v) is 4.75. The summed E-state index contributed by atoms with van der Waals surface area (Å²) in [6.07, 6.45) is 3.21. The van der Waals surface area contributed by atoms with Gasteiger partial charge >= 0.3 is 0 Å². The molecule has 0 aromatic heterocycles. The summed E-state index contributed by atoms with van der Waals surface area (Å²) >= 11 is 0. The number of nitrogens with one attached hydrogen (secondary N) is 2. The molecule has 2 rings (SSSR count). The highest BCUT2D eigenvalue weighted by molar-refractivity contribution is 5.97. The Labute approximate surface area is 113 Å². The van der Waals surface area contributed by atoms with Gasteiger partial charge in [0.25, 0.3) is 5.91 Å². The minimum atomic E-state index is -0.242. The van der Waals surface area contributed by atoms with Crippen LogP contribution in [0.5, 0.6) is 11.5 Å². The molecule has 104 valence electrons. The topological polar surface area (TPSA) is 70.6 Å². The zero-order chi connectivity index (χ0) is 13.7. The van der Waals surface area contributed by atoms with E-state index in [1.165, 1.54) is 13.2 Å². The second-order valence-electron chi connectivity index (χ2n) is 4.75. The summed E-state index contributed by atoms with van der Waals surface area (Å²) in [5.74, 6) is 0.234. The standard InChI is InChI=1S/C14H20N2O3/c1-19-11-5-6-12(13(17)8-11)14(18)16-10-4-2-3-7-15-9-10/h5-6,8,10,15,17H,2-4,7,9H2,1H3,(H,16,18). The molecule has 1 atom stereocenters.